The van der Waals surface area contributed by atoms with Crippen LogP contribution >= 0.6 is 0 Å². The van der Waals surface area contributed by atoms with Crippen LogP contribution in [0, 0.1) is 0 Å². The van der Waals surface area contributed by atoms with Gasteiger partial charge in [0.2, 0.25) is 11.8 Å². The smallest absolute Gasteiger partial charge is 0.246 e. The second-order valence-electron chi connectivity index (χ2n) is 5.23. The molecule has 1 saturated heterocycles. The van der Waals surface area contributed by atoms with E-state index in [4.69, 9.17) is 0 Å². The molecule has 18 heavy (non-hydrogen) atoms. The van der Waals surface area contributed by atoms with Gasteiger partial charge in [-0.25, -0.2) is 0 Å². The maximum atomic E-state index is 12.1. The molecule has 4 heteroatoms. The van der Waals surface area contributed by atoms with Gasteiger partial charge in [-0.2, -0.15) is 0 Å². The van der Waals surface area contributed by atoms with E-state index in [1.54, 1.807) is 6.08 Å². The van der Waals surface area contributed by atoms with Crippen LogP contribution in [-0.4, -0.2) is 47.3 Å². The van der Waals surface area contributed by atoms with Gasteiger partial charge in [-0.1, -0.05) is 12.5 Å². The van der Waals surface area contributed by atoms with Crippen molar-refractivity contribution in [1.29, 1.82) is 0 Å². The van der Waals surface area contributed by atoms with Crippen molar-refractivity contribution in [3.05, 3.63) is 11.6 Å². The Hall–Kier alpha value is -1.32. The van der Waals surface area contributed by atoms with Crippen LogP contribution in [0.3, 0.4) is 0 Å². The second kappa shape index (κ2) is 5.55. The van der Waals surface area contributed by atoms with Gasteiger partial charge in [0.05, 0.1) is 0 Å². The van der Waals surface area contributed by atoms with Crippen molar-refractivity contribution in [2.45, 2.75) is 45.6 Å². The summed E-state index contributed by atoms with van der Waals surface area (Å²) >= 11 is 0. The Morgan fingerprint density at radius 3 is 2.56 bits per heavy atom. The molecule has 0 spiro atoms. The number of allylic oxidation sites excluding steroid dienone is 1. The Kier molecular flexibility index (Phi) is 4.04. The molecule has 100 valence electrons. The maximum absolute atomic E-state index is 12.1. The number of piperazine rings is 1. The highest BCUT2D eigenvalue weighted by atomic mass is 16.2. The lowest BCUT2D eigenvalue weighted by atomic mass is 9.92. The highest BCUT2D eigenvalue weighted by Gasteiger charge is 2.28. The van der Waals surface area contributed by atoms with Crippen molar-refractivity contribution in [2.75, 3.05) is 19.6 Å². The van der Waals surface area contributed by atoms with Gasteiger partial charge in [-0.3, -0.25) is 9.59 Å². The summed E-state index contributed by atoms with van der Waals surface area (Å²) in [5, 5.41) is 0. The number of hydrogen-bond acceptors (Lipinski definition) is 2. The summed E-state index contributed by atoms with van der Waals surface area (Å²) in [6.45, 7) is 5.90. The lowest BCUT2D eigenvalue weighted by Crippen LogP contribution is -2.55. The molecule has 0 aromatic carbocycles. The van der Waals surface area contributed by atoms with E-state index in [0.717, 1.165) is 12.8 Å². The Bertz CT molecular complexity index is 370. The average molecular weight is 250 g/mol. The van der Waals surface area contributed by atoms with Crippen LogP contribution in [0.15, 0.2) is 11.6 Å². The largest absolute Gasteiger partial charge is 0.339 e. The van der Waals surface area contributed by atoms with Gasteiger partial charge in [-0.15, -0.1) is 0 Å². The van der Waals surface area contributed by atoms with Gasteiger partial charge >= 0.3 is 0 Å². The lowest BCUT2D eigenvalue weighted by Gasteiger charge is -2.39. The topological polar surface area (TPSA) is 40.6 Å². The molecule has 2 aliphatic rings. The van der Waals surface area contributed by atoms with Crippen LogP contribution in [0.25, 0.3) is 0 Å². The van der Waals surface area contributed by atoms with E-state index in [2.05, 4.69) is 0 Å². The van der Waals surface area contributed by atoms with E-state index < -0.39 is 0 Å². The zero-order chi connectivity index (χ0) is 13.1. The third-order valence-corrected chi connectivity index (χ3v) is 3.89. The predicted molar refractivity (Wildman–Crippen MR) is 70.0 cm³/mol. The number of hydrogen-bond donors (Lipinski definition) is 0. The minimum absolute atomic E-state index is 0.124. The third kappa shape index (κ3) is 2.74. The molecule has 0 aromatic heterocycles. The minimum atomic E-state index is 0.124. The van der Waals surface area contributed by atoms with Crippen molar-refractivity contribution in [3.63, 3.8) is 0 Å². The molecule has 2 rings (SSSR count). The van der Waals surface area contributed by atoms with Crippen molar-refractivity contribution in [1.82, 2.24) is 9.80 Å². The molecule has 2 amide bonds. The first-order valence-corrected chi connectivity index (χ1v) is 6.89. The van der Waals surface area contributed by atoms with E-state index in [1.807, 2.05) is 23.6 Å². The Balaban J connectivity index is 1.92. The Morgan fingerprint density at radius 2 is 2.06 bits per heavy atom. The monoisotopic (exact) mass is 250 g/mol. The maximum Gasteiger partial charge on any atom is 0.246 e. The van der Waals surface area contributed by atoms with Crippen LogP contribution in [0.4, 0.5) is 0 Å². The van der Waals surface area contributed by atoms with E-state index in [1.165, 1.54) is 12.0 Å². The van der Waals surface area contributed by atoms with Gasteiger partial charge in [0, 0.05) is 38.2 Å². The fourth-order valence-electron chi connectivity index (χ4n) is 2.52. The number of rotatable bonds is 2. The van der Waals surface area contributed by atoms with E-state index in [-0.39, 0.29) is 17.9 Å². The van der Waals surface area contributed by atoms with Crippen LogP contribution < -0.4 is 0 Å². The molecule has 1 aliphatic carbocycles. The van der Waals surface area contributed by atoms with Gasteiger partial charge in [0.15, 0.2) is 0 Å². The molecular formula is C14H22N2O2. The standard InChI is InChI=1S/C14H22N2O2/c1-3-13(17)15-7-8-16(11(2)10-15)14(18)9-12-5-4-6-12/h9,11H,3-8,10H2,1-2H3. The second-order valence-corrected chi connectivity index (χ2v) is 5.23. The van der Waals surface area contributed by atoms with Crippen molar-refractivity contribution >= 4 is 11.8 Å². The molecule has 1 saturated carbocycles. The summed E-state index contributed by atoms with van der Waals surface area (Å²) in [4.78, 5) is 27.5. The number of nitrogens with zero attached hydrogens (tertiary/aromatic N) is 2. The molecule has 0 N–H and O–H groups in total. The first-order valence-electron chi connectivity index (χ1n) is 6.89. The molecule has 0 aromatic rings. The van der Waals surface area contributed by atoms with Gasteiger partial charge in [-0.05, 0) is 26.2 Å². The van der Waals surface area contributed by atoms with Gasteiger partial charge < -0.3 is 9.80 Å². The molecule has 0 radical (unpaired) electrons. The van der Waals surface area contributed by atoms with Crippen molar-refractivity contribution in [3.8, 4) is 0 Å². The van der Waals surface area contributed by atoms with Crippen LogP contribution in [-0.2, 0) is 9.59 Å². The summed E-state index contributed by atoms with van der Waals surface area (Å²) in [7, 11) is 0. The summed E-state index contributed by atoms with van der Waals surface area (Å²) < 4.78 is 0. The Morgan fingerprint density at radius 1 is 1.33 bits per heavy atom. The molecule has 1 heterocycles. The van der Waals surface area contributed by atoms with Gasteiger partial charge in [0.1, 0.15) is 0 Å². The molecule has 1 atom stereocenters. The summed E-state index contributed by atoms with van der Waals surface area (Å²) in [5.74, 6) is 0.312. The summed E-state index contributed by atoms with van der Waals surface area (Å²) in [6.07, 6.45) is 5.72. The molecule has 1 unspecified atom stereocenters. The molecule has 0 bridgehead atoms. The molecular weight excluding hydrogens is 228 g/mol. The van der Waals surface area contributed by atoms with E-state index in [9.17, 15) is 9.59 Å². The fourth-order valence-corrected chi connectivity index (χ4v) is 2.52. The molecule has 1 aliphatic heterocycles. The lowest BCUT2D eigenvalue weighted by molar-refractivity contribution is -0.139. The zero-order valence-corrected chi connectivity index (χ0v) is 11.3. The fraction of sp³-hybridized carbons (Fsp3) is 0.714. The SMILES string of the molecule is CCC(=O)N1CCN(C(=O)C=C2CCC2)C(C)C1. The highest BCUT2D eigenvalue weighted by Crippen LogP contribution is 2.25. The van der Waals surface area contributed by atoms with Crippen LogP contribution in [0.5, 0.6) is 0 Å². The normalized spacial score (nSPS) is 23.7. The zero-order valence-electron chi connectivity index (χ0n) is 11.3. The van der Waals surface area contributed by atoms with Crippen molar-refractivity contribution < 1.29 is 9.59 Å². The average Bonchev–Trinajstić information content (AvgIpc) is 2.32. The van der Waals surface area contributed by atoms with Crippen LogP contribution in [0.1, 0.15) is 39.5 Å². The van der Waals surface area contributed by atoms with E-state index in [0.29, 0.717) is 26.1 Å². The quantitative estimate of drug-likeness (QED) is 0.698. The van der Waals surface area contributed by atoms with Gasteiger partial charge in [0.25, 0.3) is 0 Å². The third-order valence-electron chi connectivity index (χ3n) is 3.89. The number of carbonyl (C=O) groups excluding carboxylic acids is 2. The number of carbonyl (C=O) groups is 2. The summed E-state index contributed by atoms with van der Waals surface area (Å²) in [5.41, 5.74) is 1.28. The first-order chi connectivity index (χ1) is 8.61. The van der Waals surface area contributed by atoms with E-state index >= 15 is 0 Å². The van der Waals surface area contributed by atoms with Crippen molar-refractivity contribution in [2.24, 2.45) is 0 Å². The predicted octanol–water partition coefficient (Wildman–Crippen LogP) is 1.57. The molecule has 4 nitrogen and oxygen atoms in total. The first kappa shape index (κ1) is 13.1. The molecule has 2 fully saturated rings. The minimum Gasteiger partial charge on any atom is -0.339 e. The van der Waals surface area contributed by atoms with Crippen LogP contribution in [0.2, 0.25) is 0 Å². The summed E-state index contributed by atoms with van der Waals surface area (Å²) in [6, 6.07) is 0.124. The Labute approximate surface area is 109 Å². The highest BCUT2D eigenvalue weighted by molar-refractivity contribution is 5.89. The number of amides is 2.